The first kappa shape index (κ1) is 13.7. The van der Waals surface area contributed by atoms with E-state index in [4.69, 9.17) is 28.3 Å². The summed E-state index contributed by atoms with van der Waals surface area (Å²) in [6, 6.07) is 11.9. The Balaban J connectivity index is 2.35. The van der Waals surface area contributed by atoms with Gasteiger partial charge < -0.3 is 5.11 Å². The van der Waals surface area contributed by atoms with E-state index in [1.165, 1.54) is 0 Å². The second-order valence-corrected chi connectivity index (χ2v) is 4.80. The molecule has 0 heterocycles. The molecule has 0 aliphatic carbocycles. The second kappa shape index (κ2) is 5.91. The summed E-state index contributed by atoms with van der Waals surface area (Å²) in [6.07, 6.45) is 3.50. The van der Waals surface area contributed by atoms with E-state index >= 15 is 0 Å². The molecule has 4 heteroatoms. The van der Waals surface area contributed by atoms with E-state index in [1.807, 2.05) is 0 Å². The van der Waals surface area contributed by atoms with Crippen LogP contribution in [0, 0.1) is 0 Å². The van der Waals surface area contributed by atoms with E-state index in [0.717, 1.165) is 5.56 Å². The van der Waals surface area contributed by atoms with Crippen LogP contribution in [-0.4, -0.2) is 11.1 Å². The smallest absolute Gasteiger partial charge is 0.336 e. The van der Waals surface area contributed by atoms with Gasteiger partial charge in [-0.25, -0.2) is 4.79 Å². The lowest BCUT2D eigenvalue weighted by atomic mass is 10.1. The van der Waals surface area contributed by atoms with Gasteiger partial charge in [0.25, 0.3) is 0 Å². The van der Waals surface area contributed by atoms with Crippen molar-refractivity contribution in [3.63, 3.8) is 0 Å². The van der Waals surface area contributed by atoms with Gasteiger partial charge in [0.1, 0.15) is 0 Å². The number of halogens is 2. The van der Waals surface area contributed by atoms with Crippen molar-refractivity contribution in [1.82, 2.24) is 0 Å². The summed E-state index contributed by atoms with van der Waals surface area (Å²) in [6.45, 7) is 0. The van der Waals surface area contributed by atoms with E-state index in [1.54, 1.807) is 54.6 Å². The quantitative estimate of drug-likeness (QED) is 0.820. The lowest BCUT2D eigenvalue weighted by Crippen LogP contribution is -1.98. The van der Waals surface area contributed by atoms with Crippen molar-refractivity contribution in [3.8, 4) is 0 Å². The number of benzene rings is 2. The fourth-order valence-corrected chi connectivity index (χ4v) is 2.24. The zero-order valence-corrected chi connectivity index (χ0v) is 11.3. The van der Waals surface area contributed by atoms with Crippen LogP contribution in [0.1, 0.15) is 21.5 Å². The summed E-state index contributed by atoms with van der Waals surface area (Å²) in [4.78, 5) is 11.1. The van der Waals surface area contributed by atoms with Crippen LogP contribution < -0.4 is 0 Å². The molecule has 96 valence electrons. The first-order valence-corrected chi connectivity index (χ1v) is 6.28. The van der Waals surface area contributed by atoms with E-state index < -0.39 is 5.97 Å². The number of rotatable bonds is 3. The molecule has 0 bridgehead atoms. The van der Waals surface area contributed by atoms with Gasteiger partial charge in [-0.3, -0.25) is 0 Å². The Bertz CT molecular complexity index is 628. The van der Waals surface area contributed by atoms with Crippen molar-refractivity contribution in [2.75, 3.05) is 0 Å². The molecule has 19 heavy (non-hydrogen) atoms. The van der Waals surface area contributed by atoms with Gasteiger partial charge in [0.2, 0.25) is 0 Å². The Labute approximate surface area is 120 Å². The van der Waals surface area contributed by atoms with Crippen molar-refractivity contribution >= 4 is 41.3 Å². The molecule has 0 unspecified atom stereocenters. The van der Waals surface area contributed by atoms with Gasteiger partial charge in [0, 0.05) is 10.0 Å². The number of hydrogen-bond acceptors (Lipinski definition) is 1. The Kier molecular flexibility index (Phi) is 4.25. The first-order chi connectivity index (χ1) is 9.06. The van der Waals surface area contributed by atoms with Gasteiger partial charge in [-0.05, 0) is 35.4 Å². The summed E-state index contributed by atoms with van der Waals surface area (Å²) in [7, 11) is 0. The van der Waals surface area contributed by atoms with Gasteiger partial charge in [-0.1, -0.05) is 53.6 Å². The fraction of sp³-hybridized carbons (Fsp3) is 0. The molecule has 2 rings (SSSR count). The summed E-state index contributed by atoms with van der Waals surface area (Å²) in [5.74, 6) is -0.954. The van der Waals surface area contributed by atoms with Crippen LogP contribution in [0.3, 0.4) is 0 Å². The number of carbonyl (C=O) groups is 1. The highest BCUT2D eigenvalue weighted by atomic mass is 35.5. The summed E-state index contributed by atoms with van der Waals surface area (Å²) in [5.41, 5.74) is 1.70. The average Bonchev–Trinajstić information content (AvgIpc) is 2.35. The molecule has 0 aliphatic rings. The third-order valence-electron chi connectivity index (χ3n) is 2.53. The van der Waals surface area contributed by atoms with E-state index in [0.29, 0.717) is 15.6 Å². The number of carboxylic acid groups (broad SMARTS) is 1. The molecule has 0 radical (unpaired) electrons. The van der Waals surface area contributed by atoms with Gasteiger partial charge in [0.15, 0.2) is 0 Å². The molecule has 2 aromatic carbocycles. The Hall–Kier alpha value is -1.77. The molecule has 0 aliphatic heterocycles. The lowest BCUT2D eigenvalue weighted by molar-refractivity contribution is 0.0696. The maximum atomic E-state index is 11.1. The number of aromatic carboxylic acids is 1. The van der Waals surface area contributed by atoms with E-state index in [9.17, 15) is 4.79 Å². The molecule has 0 fully saturated rings. The zero-order valence-electron chi connectivity index (χ0n) is 9.81. The third-order valence-corrected chi connectivity index (χ3v) is 2.97. The van der Waals surface area contributed by atoms with Crippen LogP contribution in [0.25, 0.3) is 12.2 Å². The SMILES string of the molecule is O=C(O)c1ccccc1/C=C/c1cc(Cl)cc(Cl)c1. The van der Waals surface area contributed by atoms with Crippen molar-refractivity contribution in [2.24, 2.45) is 0 Å². The Morgan fingerprint density at radius 1 is 1.00 bits per heavy atom. The largest absolute Gasteiger partial charge is 0.478 e. The van der Waals surface area contributed by atoms with Crippen LogP contribution in [-0.2, 0) is 0 Å². The molecule has 1 N–H and O–H groups in total. The summed E-state index contributed by atoms with van der Waals surface area (Å²) < 4.78 is 0. The van der Waals surface area contributed by atoms with Crippen molar-refractivity contribution < 1.29 is 9.90 Å². The van der Waals surface area contributed by atoms with E-state index in [2.05, 4.69) is 0 Å². The molecule has 0 amide bonds. The van der Waals surface area contributed by atoms with Crippen LogP contribution in [0.5, 0.6) is 0 Å². The van der Waals surface area contributed by atoms with Crippen LogP contribution in [0.4, 0.5) is 0 Å². The summed E-state index contributed by atoms with van der Waals surface area (Å²) >= 11 is 11.8. The van der Waals surface area contributed by atoms with Gasteiger partial charge in [-0.2, -0.15) is 0 Å². The highest BCUT2D eigenvalue weighted by molar-refractivity contribution is 6.34. The molecule has 2 aromatic rings. The van der Waals surface area contributed by atoms with Gasteiger partial charge in [0.05, 0.1) is 5.56 Å². The fourth-order valence-electron chi connectivity index (χ4n) is 1.69. The molecule has 0 spiro atoms. The van der Waals surface area contributed by atoms with Gasteiger partial charge in [-0.15, -0.1) is 0 Å². The molecule has 0 aromatic heterocycles. The maximum Gasteiger partial charge on any atom is 0.336 e. The predicted octanol–water partition coefficient (Wildman–Crippen LogP) is 4.86. The molecule has 2 nitrogen and oxygen atoms in total. The third kappa shape index (κ3) is 3.60. The Morgan fingerprint density at radius 3 is 2.26 bits per heavy atom. The monoisotopic (exact) mass is 292 g/mol. The van der Waals surface area contributed by atoms with Gasteiger partial charge >= 0.3 is 5.97 Å². The lowest BCUT2D eigenvalue weighted by Gasteiger charge is -2.01. The highest BCUT2D eigenvalue weighted by Crippen LogP contribution is 2.21. The van der Waals surface area contributed by atoms with Crippen molar-refractivity contribution in [1.29, 1.82) is 0 Å². The number of hydrogen-bond donors (Lipinski definition) is 1. The second-order valence-electron chi connectivity index (χ2n) is 3.93. The van der Waals surface area contributed by atoms with Crippen LogP contribution in [0.15, 0.2) is 42.5 Å². The summed E-state index contributed by atoms with van der Waals surface area (Å²) in [5, 5.41) is 10.2. The first-order valence-electron chi connectivity index (χ1n) is 5.53. The topological polar surface area (TPSA) is 37.3 Å². The standard InChI is InChI=1S/C15H10Cl2O2/c16-12-7-10(8-13(17)9-12)5-6-11-3-1-2-4-14(11)15(18)19/h1-9H,(H,18,19)/b6-5+. The average molecular weight is 293 g/mol. The molecular formula is C15H10Cl2O2. The van der Waals surface area contributed by atoms with Crippen LogP contribution in [0.2, 0.25) is 10.0 Å². The Morgan fingerprint density at radius 2 is 1.63 bits per heavy atom. The number of carboxylic acids is 1. The maximum absolute atomic E-state index is 11.1. The minimum atomic E-state index is -0.954. The molecule has 0 saturated carbocycles. The highest BCUT2D eigenvalue weighted by Gasteiger charge is 2.05. The molecule has 0 atom stereocenters. The minimum Gasteiger partial charge on any atom is -0.478 e. The van der Waals surface area contributed by atoms with E-state index in [-0.39, 0.29) is 5.56 Å². The minimum absolute atomic E-state index is 0.256. The van der Waals surface area contributed by atoms with Crippen molar-refractivity contribution in [3.05, 3.63) is 69.2 Å². The zero-order chi connectivity index (χ0) is 13.8. The normalized spacial score (nSPS) is 10.8. The predicted molar refractivity (Wildman–Crippen MR) is 78.8 cm³/mol. The van der Waals surface area contributed by atoms with Crippen molar-refractivity contribution in [2.45, 2.75) is 0 Å². The van der Waals surface area contributed by atoms with Crippen LogP contribution >= 0.6 is 23.2 Å². The molecule has 0 saturated heterocycles. The molecular weight excluding hydrogens is 283 g/mol.